The van der Waals surface area contributed by atoms with Gasteiger partial charge in [-0.25, -0.2) is 0 Å². The van der Waals surface area contributed by atoms with Crippen molar-refractivity contribution < 1.29 is 23.0 Å². The lowest BCUT2D eigenvalue weighted by atomic mass is 9.84. The number of hydrogen-bond donors (Lipinski definition) is 1. The highest BCUT2D eigenvalue weighted by Gasteiger charge is 2.57. The normalized spacial score (nSPS) is 14.0. The third-order valence-electron chi connectivity index (χ3n) is 3.59. The van der Waals surface area contributed by atoms with Crippen LogP contribution in [0.25, 0.3) is 0 Å². The molecule has 1 unspecified atom stereocenters. The fraction of sp³-hybridized carbons (Fsp3) is 0.235. The molecule has 0 saturated heterocycles. The molecule has 0 heterocycles. The summed E-state index contributed by atoms with van der Waals surface area (Å²) in [5.74, 6) is -0.0696. The van der Waals surface area contributed by atoms with Crippen LogP contribution >= 0.6 is 0 Å². The van der Waals surface area contributed by atoms with Gasteiger partial charge < -0.3 is 9.84 Å². The number of nitriles is 1. The molecule has 120 valence electrons. The summed E-state index contributed by atoms with van der Waals surface area (Å²) in [5.41, 5.74) is -3.25. The van der Waals surface area contributed by atoms with E-state index in [0.29, 0.717) is 5.56 Å². The Morgan fingerprint density at radius 3 is 2.17 bits per heavy atom. The number of nitrogens with zero attached hydrogens (tertiary/aromatic N) is 1. The first kappa shape index (κ1) is 16.8. The van der Waals surface area contributed by atoms with Gasteiger partial charge in [-0.15, -0.1) is 0 Å². The van der Waals surface area contributed by atoms with Crippen molar-refractivity contribution in [2.24, 2.45) is 0 Å². The van der Waals surface area contributed by atoms with E-state index in [1.54, 1.807) is 13.0 Å². The minimum Gasteiger partial charge on any atom is -0.496 e. The molecule has 0 aliphatic carbocycles. The number of halogens is 3. The zero-order valence-electron chi connectivity index (χ0n) is 12.5. The standard InChI is InChI=1S/C17H14F3NO2/c1-11-3-8-15(23-2)14(9-11)16(22,17(18,19)20)13-6-4-12(10-21)5-7-13/h3-9,22H,1-2H3. The van der Waals surface area contributed by atoms with Crippen LogP contribution in [0.4, 0.5) is 13.2 Å². The number of hydrogen-bond acceptors (Lipinski definition) is 3. The Hall–Kier alpha value is -2.52. The lowest BCUT2D eigenvalue weighted by molar-refractivity contribution is -0.248. The van der Waals surface area contributed by atoms with E-state index in [4.69, 9.17) is 10.00 Å². The molecule has 1 N–H and O–H groups in total. The fourth-order valence-electron chi connectivity index (χ4n) is 2.36. The predicted molar refractivity (Wildman–Crippen MR) is 77.9 cm³/mol. The Bertz CT molecular complexity index is 748. The third kappa shape index (κ3) is 2.88. The number of benzene rings is 2. The van der Waals surface area contributed by atoms with Crippen molar-refractivity contribution in [1.82, 2.24) is 0 Å². The van der Waals surface area contributed by atoms with Gasteiger partial charge in [0.1, 0.15) is 5.75 Å². The molecular weight excluding hydrogens is 307 g/mol. The van der Waals surface area contributed by atoms with Crippen LogP contribution in [-0.2, 0) is 5.60 Å². The molecule has 2 rings (SSSR count). The summed E-state index contributed by atoms with van der Waals surface area (Å²) in [6.07, 6.45) is -4.97. The van der Waals surface area contributed by atoms with Crippen molar-refractivity contribution in [3.63, 3.8) is 0 Å². The second-order valence-electron chi connectivity index (χ2n) is 5.10. The molecule has 0 saturated carbocycles. The van der Waals surface area contributed by atoms with Crippen LogP contribution in [0.2, 0.25) is 0 Å². The minimum atomic E-state index is -4.97. The van der Waals surface area contributed by atoms with Gasteiger partial charge in [-0.2, -0.15) is 18.4 Å². The number of aliphatic hydroxyl groups is 1. The summed E-state index contributed by atoms with van der Waals surface area (Å²) in [5, 5.41) is 19.4. The maximum absolute atomic E-state index is 13.7. The van der Waals surface area contributed by atoms with Crippen molar-refractivity contribution in [3.8, 4) is 11.8 Å². The van der Waals surface area contributed by atoms with Crippen LogP contribution in [0.15, 0.2) is 42.5 Å². The molecule has 2 aromatic rings. The highest BCUT2D eigenvalue weighted by Crippen LogP contribution is 2.47. The van der Waals surface area contributed by atoms with E-state index in [2.05, 4.69) is 0 Å². The van der Waals surface area contributed by atoms with Gasteiger partial charge in [0.15, 0.2) is 0 Å². The van der Waals surface area contributed by atoms with Crippen LogP contribution in [0, 0.1) is 18.3 Å². The van der Waals surface area contributed by atoms with Crippen molar-refractivity contribution in [1.29, 1.82) is 5.26 Å². The average Bonchev–Trinajstić information content (AvgIpc) is 2.53. The molecule has 0 aliphatic heterocycles. The SMILES string of the molecule is COc1ccc(C)cc1C(O)(c1ccc(C#N)cc1)C(F)(F)F. The maximum atomic E-state index is 13.7. The number of alkyl halides is 3. The van der Waals surface area contributed by atoms with Gasteiger partial charge in [-0.1, -0.05) is 23.8 Å². The molecule has 1 atom stereocenters. The molecule has 3 nitrogen and oxygen atoms in total. The molecule has 0 radical (unpaired) electrons. The third-order valence-corrected chi connectivity index (χ3v) is 3.59. The second-order valence-corrected chi connectivity index (χ2v) is 5.10. The van der Waals surface area contributed by atoms with Gasteiger partial charge in [-0.05, 0) is 36.8 Å². The number of methoxy groups -OCH3 is 1. The molecule has 0 spiro atoms. The van der Waals surface area contributed by atoms with Crippen molar-refractivity contribution in [2.75, 3.05) is 7.11 Å². The first-order valence-corrected chi connectivity index (χ1v) is 6.69. The number of rotatable bonds is 3. The van der Waals surface area contributed by atoms with Crippen LogP contribution < -0.4 is 4.74 Å². The summed E-state index contributed by atoms with van der Waals surface area (Å²) in [4.78, 5) is 0. The molecule has 2 aromatic carbocycles. The van der Waals surface area contributed by atoms with Crippen LogP contribution in [0.3, 0.4) is 0 Å². The number of ether oxygens (including phenoxy) is 1. The largest absolute Gasteiger partial charge is 0.496 e. The molecule has 0 amide bonds. The summed E-state index contributed by atoms with van der Waals surface area (Å²) in [6, 6.07) is 10.7. The zero-order valence-corrected chi connectivity index (χ0v) is 12.5. The topological polar surface area (TPSA) is 53.2 Å². The van der Waals surface area contributed by atoms with E-state index in [-0.39, 0.29) is 16.9 Å². The first-order valence-electron chi connectivity index (χ1n) is 6.69. The van der Waals surface area contributed by atoms with Crippen molar-refractivity contribution >= 4 is 0 Å². The Labute approximate surface area is 131 Å². The van der Waals surface area contributed by atoms with Gasteiger partial charge in [0.2, 0.25) is 5.60 Å². The van der Waals surface area contributed by atoms with E-state index >= 15 is 0 Å². The summed E-state index contributed by atoms with van der Waals surface area (Å²) < 4.78 is 46.2. The second kappa shape index (κ2) is 5.94. The Balaban J connectivity index is 2.75. The highest BCUT2D eigenvalue weighted by molar-refractivity contribution is 5.49. The molecule has 0 aliphatic rings. The summed E-state index contributed by atoms with van der Waals surface area (Å²) in [7, 11) is 1.24. The maximum Gasteiger partial charge on any atom is 0.425 e. The first-order chi connectivity index (χ1) is 10.7. The summed E-state index contributed by atoms with van der Waals surface area (Å²) >= 11 is 0. The Kier molecular flexibility index (Phi) is 4.35. The van der Waals surface area contributed by atoms with Gasteiger partial charge >= 0.3 is 6.18 Å². The van der Waals surface area contributed by atoms with E-state index in [1.165, 1.54) is 31.4 Å². The molecule has 0 aromatic heterocycles. The highest BCUT2D eigenvalue weighted by atomic mass is 19.4. The quantitative estimate of drug-likeness (QED) is 0.938. The summed E-state index contributed by atoms with van der Waals surface area (Å²) in [6.45, 7) is 1.62. The number of aryl methyl sites for hydroxylation is 1. The predicted octanol–water partition coefficient (Wildman–Crippen LogP) is 3.67. The molecule has 0 bridgehead atoms. The molecular formula is C17H14F3NO2. The fourth-order valence-corrected chi connectivity index (χ4v) is 2.36. The van der Waals surface area contributed by atoms with Crippen LogP contribution in [0.1, 0.15) is 22.3 Å². The van der Waals surface area contributed by atoms with Crippen molar-refractivity contribution in [2.45, 2.75) is 18.7 Å². The van der Waals surface area contributed by atoms with E-state index in [1.807, 2.05) is 6.07 Å². The van der Waals surface area contributed by atoms with Crippen molar-refractivity contribution in [3.05, 3.63) is 64.7 Å². The van der Waals surface area contributed by atoms with Crippen LogP contribution in [-0.4, -0.2) is 18.4 Å². The minimum absolute atomic E-state index is 0.0696. The van der Waals surface area contributed by atoms with Gasteiger partial charge in [0, 0.05) is 5.56 Å². The smallest absolute Gasteiger partial charge is 0.425 e. The monoisotopic (exact) mass is 321 g/mol. The van der Waals surface area contributed by atoms with Gasteiger partial charge in [0.05, 0.1) is 18.7 Å². The van der Waals surface area contributed by atoms with E-state index in [9.17, 15) is 18.3 Å². The lowest BCUT2D eigenvalue weighted by Gasteiger charge is -2.32. The van der Waals surface area contributed by atoms with E-state index < -0.39 is 17.3 Å². The Morgan fingerprint density at radius 1 is 1.09 bits per heavy atom. The lowest BCUT2D eigenvalue weighted by Crippen LogP contribution is -2.43. The molecule has 23 heavy (non-hydrogen) atoms. The van der Waals surface area contributed by atoms with E-state index in [0.717, 1.165) is 12.1 Å². The van der Waals surface area contributed by atoms with Crippen LogP contribution in [0.5, 0.6) is 5.75 Å². The Morgan fingerprint density at radius 2 is 1.70 bits per heavy atom. The molecule has 6 heteroatoms. The average molecular weight is 321 g/mol. The molecule has 0 fully saturated rings. The zero-order chi connectivity index (χ0) is 17.3. The van der Waals surface area contributed by atoms with Gasteiger partial charge in [0.25, 0.3) is 0 Å². The van der Waals surface area contributed by atoms with Gasteiger partial charge in [-0.3, -0.25) is 0 Å².